The van der Waals surface area contributed by atoms with Crippen LogP contribution in [0, 0.1) is 0 Å². The molecule has 0 bridgehead atoms. The first kappa shape index (κ1) is 62.4. The van der Waals surface area contributed by atoms with Gasteiger partial charge in [0.05, 0.1) is 0 Å². The highest BCUT2D eigenvalue weighted by Crippen LogP contribution is 2.18. The lowest BCUT2D eigenvalue weighted by molar-refractivity contribution is -0.167. The first-order valence-corrected chi connectivity index (χ1v) is 29.0. The Bertz CT molecular complexity index is 951. The number of esters is 3. The van der Waals surface area contributed by atoms with E-state index >= 15 is 0 Å². The summed E-state index contributed by atoms with van der Waals surface area (Å²) < 4.78 is 16.9. The second-order valence-electron chi connectivity index (χ2n) is 19.9. The molecule has 0 aromatic heterocycles. The zero-order valence-corrected chi connectivity index (χ0v) is 43.6. The molecule has 0 heterocycles. The third kappa shape index (κ3) is 51.4. The van der Waals surface area contributed by atoms with Gasteiger partial charge in [0.15, 0.2) is 6.10 Å². The van der Waals surface area contributed by atoms with E-state index < -0.39 is 6.10 Å². The number of hydrogen-bond acceptors (Lipinski definition) is 6. The number of unbranched alkanes of at least 4 members (excludes halogenated alkanes) is 43. The molecule has 0 spiro atoms. The Morgan fingerprint density at radius 3 is 0.625 bits per heavy atom. The molecule has 0 aromatic rings. The molecule has 0 saturated heterocycles. The van der Waals surface area contributed by atoms with E-state index in [9.17, 15) is 14.4 Å². The van der Waals surface area contributed by atoms with Crippen LogP contribution >= 0.6 is 0 Å². The van der Waals surface area contributed by atoms with Gasteiger partial charge in [-0.15, -0.1) is 0 Å². The third-order valence-corrected chi connectivity index (χ3v) is 13.4. The second-order valence-corrected chi connectivity index (χ2v) is 19.9. The lowest BCUT2D eigenvalue weighted by atomic mass is 10.0. The molecule has 380 valence electrons. The highest BCUT2D eigenvalue weighted by Gasteiger charge is 2.19. The van der Waals surface area contributed by atoms with Crippen molar-refractivity contribution in [2.75, 3.05) is 13.2 Å². The number of carbonyl (C=O) groups excluding carboxylic acids is 3. The van der Waals surface area contributed by atoms with Crippen molar-refractivity contribution in [1.29, 1.82) is 0 Å². The normalized spacial score (nSPS) is 11.9. The van der Waals surface area contributed by atoms with Crippen LogP contribution in [0.4, 0.5) is 0 Å². The Hall–Kier alpha value is -1.59. The Morgan fingerprint density at radius 2 is 0.422 bits per heavy atom. The minimum absolute atomic E-state index is 0.0614. The van der Waals surface area contributed by atoms with Crippen LogP contribution in [-0.2, 0) is 28.6 Å². The van der Waals surface area contributed by atoms with Gasteiger partial charge in [-0.2, -0.15) is 0 Å². The van der Waals surface area contributed by atoms with Crippen molar-refractivity contribution in [3.8, 4) is 0 Å². The Balaban J connectivity index is 4.20. The lowest BCUT2D eigenvalue weighted by Crippen LogP contribution is -2.30. The largest absolute Gasteiger partial charge is 0.462 e. The number of hydrogen-bond donors (Lipinski definition) is 0. The molecule has 0 rings (SSSR count). The maximum absolute atomic E-state index is 12.8. The molecule has 0 aliphatic rings. The molecule has 6 heteroatoms. The molecule has 64 heavy (non-hydrogen) atoms. The molecule has 0 aromatic carbocycles. The van der Waals surface area contributed by atoms with Gasteiger partial charge in [-0.3, -0.25) is 14.4 Å². The molecule has 1 atom stereocenters. The van der Waals surface area contributed by atoms with Gasteiger partial charge in [0.2, 0.25) is 0 Å². The fourth-order valence-electron chi connectivity index (χ4n) is 8.98. The topological polar surface area (TPSA) is 78.9 Å². The van der Waals surface area contributed by atoms with Gasteiger partial charge >= 0.3 is 17.9 Å². The van der Waals surface area contributed by atoms with Crippen molar-refractivity contribution in [3.63, 3.8) is 0 Å². The van der Waals surface area contributed by atoms with Crippen LogP contribution in [0.2, 0.25) is 0 Å². The molecule has 0 amide bonds. The first-order valence-electron chi connectivity index (χ1n) is 29.0. The fourth-order valence-corrected chi connectivity index (χ4v) is 8.98. The van der Waals surface area contributed by atoms with Gasteiger partial charge in [0.1, 0.15) is 13.2 Å². The highest BCUT2D eigenvalue weighted by atomic mass is 16.6. The molecule has 0 saturated carbocycles. The van der Waals surface area contributed by atoms with E-state index in [-0.39, 0.29) is 31.1 Å². The first-order chi connectivity index (χ1) is 31.5. The van der Waals surface area contributed by atoms with E-state index in [0.29, 0.717) is 19.3 Å². The van der Waals surface area contributed by atoms with Crippen molar-refractivity contribution in [1.82, 2.24) is 0 Å². The minimum atomic E-state index is -0.760. The average molecular weight is 906 g/mol. The summed E-state index contributed by atoms with van der Waals surface area (Å²) in [6.45, 7) is 6.70. The van der Waals surface area contributed by atoms with Gasteiger partial charge in [0, 0.05) is 19.3 Å². The molecule has 0 N–H and O–H groups in total. The minimum Gasteiger partial charge on any atom is -0.462 e. The van der Waals surface area contributed by atoms with Crippen molar-refractivity contribution < 1.29 is 28.6 Å². The molecular formula is C58H112O6. The van der Waals surface area contributed by atoms with Crippen LogP contribution in [0.3, 0.4) is 0 Å². The zero-order chi connectivity index (χ0) is 46.5. The molecule has 6 nitrogen and oxygen atoms in total. The zero-order valence-electron chi connectivity index (χ0n) is 43.6. The van der Waals surface area contributed by atoms with Gasteiger partial charge in [-0.1, -0.05) is 297 Å². The summed E-state index contributed by atoms with van der Waals surface area (Å²) in [7, 11) is 0. The summed E-state index contributed by atoms with van der Waals surface area (Å²) >= 11 is 0. The SMILES string of the molecule is CCCCCCCCCCCCCCCCCCCCCC(=O)OC[C@@H](COC(=O)CCCCCCCCCCCCCCCCCCC)OC(=O)CCCCCCCCCCCC. The summed E-state index contributed by atoms with van der Waals surface area (Å²) in [5.74, 6) is -0.835. The van der Waals surface area contributed by atoms with Crippen molar-refractivity contribution in [2.45, 2.75) is 341 Å². The van der Waals surface area contributed by atoms with E-state index in [1.165, 1.54) is 238 Å². The van der Waals surface area contributed by atoms with Crippen molar-refractivity contribution >= 4 is 17.9 Å². The summed E-state index contributed by atoms with van der Waals surface area (Å²) in [6.07, 6.45) is 59.6. The molecule has 0 fully saturated rings. The summed E-state index contributed by atoms with van der Waals surface area (Å²) in [4.78, 5) is 38.0. The lowest BCUT2D eigenvalue weighted by Gasteiger charge is -2.18. The average Bonchev–Trinajstić information content (AvgIpc) is 3.29. The van der Waals surface area contributed by atoms with Gasteiger partial charge in [-0.25, -0.2) is 0 Å². The van der Waals surface area contributed by atoms with E-state index in [1.54, 1.807) is 0 Å². The Morgan fingerprint density at radius 1 is 0.250 bits per heavy atom. The third-order valence-electron chi connectivity index (χ3n) is 13.4. The molecule has 0 aliphatic carbocycles. The summed E-state index contributed by atoms with van der Waals surface area (Å²) in [5, 5.41) is 0. The summed E-state index contributed by atoms with van der Waals surface area (Å²) in [5.41, 5.74) is 0. The maximum atomic E-state index is 12.8. The predicted octanol–water partition coefficient (Wildman–Crippen LogP) is 19.2. The van der Waals surface area contributed by atoms with E-state index in [0.717, 1.165) is 57.8 Å². The van der Waals surface area contributed by atoms with Crippen LogP contribution < -0.4 is 0 Å². The van der Waals surface area contributed by atoms with Gasteiger partial charge in [0.25, 0.3) is 0 Å². The highest BCUT2D eigenvalue weighted by molar-refractivity contribution is 5.71. The van der Waals surface area contributed by atoms with E-state index in [4.69, 9.17) is 14.2 Å². The number of rotatable bonds is 54. The molecule has 0 radical (unpaired) electrons. The molecular weight excluding hydrogens is 793 g/mol. The van der Waals surface area contributed by atoms with Crippen LogP contribution in [0.1, 0.15) is 335 Å². The molecule has 0 aliphatic heterocycles. The fraction of sp³-hybridized carbons (Fsp3) is 0.948. The second kappa shape index (κ2) is 54.0. The smallest absolute Gasteiger partial charge is 0.306 e. The Kier molecular flexibility index (Phi) is 52.7. The predicted molar refractivity (Wildman–Crippen MR) is 275 cm³/mol. The maximum Gasteiger partial charge on any atom is 0.306 e. The number of ether oxygens (including phenoxy) is 3. The monoisotopic (exact) mass is 905 g/mol. The van der Waals surface area contributed by atoms with Gasteiger partial charge in [-0.05, 0) is 19.3 Å². The van der Waals surface area contributed by atoms with Crippen molar-refractivity contribution in [2.24, 2.45) is 0 Å². The number of carbonyl (C=O) groups is 3. The van der Waals surface area contributed by atoms with Crippen LogP contribution in [0.25, 0.3) is 0 Å². The standard InChI is InChI=1S/C58H112O6/c1-4-7-10-13-16-19-22-24-26-28-29-31-33-35-37-40-42-45-48-51-57(60)63-54-55(64-58(61)52-49-46-43-38-21-18-15-12-9-6-3)53-62-56(59)50-47-44-41-39-36-34-32-30-27-25-23-20-17-14-11-8-5-2/h55H,4-54H2,1-3H3/t55-/m1/s1. The van der Waals surface area contributed by atoms with Crippen LogP contribution in [0.5, 0.6) is 0 Å². The van der Waals surface area contributed by atoms with Crippen molar-refractivity contribution in [3.05, 3.63) is 0 Å². The van der Waals surface area contributed by atoms with Gasteiger partial charge < -0.3 is 14.2 Å². The van der Waals surface area contributed by atoms with Crippen LogP contribution in [0.15, 0.2) is 0 Å². The molecule has 0 unspecified atom stereocenters. The summed E-state index contributed by atoms with van der Waals surface area (Å²) in [6, 6.07) is 0. The quantitative estimate of drug-likeness (QED) is 0.0344. The Labute approximate surface area is 399 Å². The van der Waals surface area contributed by atoms with E-state index in [2.05, 4.69) is 20.8 Å². The van der Waals surface area contributed by atoms with E-state index in [1.807, 2.05) is 0 Å². The van der Waals surface area contributed by atoms with Crippen LogP contribution in [-0.4, -0.2) is 37.2 Å².